The van der Waals surface area contributed by atoms with Crippen molar-refractivity contribution in [1.29, 1.82) is 0 Å². The van der Waals surface area contributed by atoms with E-state index in [1.807, 2.05) is 0 Å². The number of likely N-dealkylation sites (tertiary alicyclic amines) is 1. The molecule has 1 saturated heterocycles. The maximum atomic E-state index is 11.4. The van der Waals surface area contributed by atoms with Crippen molar-refractivity contribution in [2.75, 3.05) is 44.3 Å². The Morgan fingerprint density at radius 1 is 1.47 bits per heavy atom. The van der Waals surface area contributed by atoms with Crippen LogP contribution in [0.1, 0.15) is 23.3 Å². The molecule has 0 amide bonds. The van der Waals surface area contributed by atoms with Crippen molar-refractivity contribution in [2.45, 2.75) is 12.8 Å². The molecule has 6 nitrogen and oxygen atoms in total. The predicted molar refractivity (Wildman–Crippen MR) is 74.2 cm³/mol. The summed E-state index contributed by atoms with van der Waals surface area (Å²) in [5, 5.41) is 3.17. The van der Waals surface area contributed by atoms with Gasteiger partial charge in [0.05, 0.1) is 12.8 Å². The van der Waals surface area contributed by atoms with Gasteiger partial charge in [0, 0.05) is 13.1 Å². The van der Waals surface area contributed by atoms with Crippen LogP contribution in [0.3, 0.4) is 0 Å². The number of nitrogen functional groups attached to an aromatic ring is 1. The molecule has 0 saturated carbocycles. The highest BCUT2D eigenvalue weighted by Gasteiger charge is 2.12. The Balaban J connectivity index is 1.92. The Hall–Kier alpha value is -1.82. The number of carbonyl (C=O) groups is 1. The zero-order valence-electron chi connectivity index (χ0n) is 11.2. The highest BCUT2D eigenvalue weighted by atomic mass is 16.5. The van der Waals surface area contributed by atoms with Gasteiger partial charge in [-0.3, -0.25) is 0 Å². The molecule has 1 aliphatic heterocycles. The zero-order chi connectivity index (χ0) is 13.7. The van der Waals surface area contributed by atoms with E-state index in [-0.39, 0.29) is 5.69 Å². The summed E-state index contributed by atoms with van der Waals surface area (Å²) in [7, 11) is 1.33. The van der Waals surface area contributed by atoms with Crippen LogP contribution in [0.5, 0.6) is 0 Å². The van der Waals surface area contributed by atoms with Crippen molar-refractivity contribution < 1.29 is 9.53 Å². The van der Waals surface area contributed by atoms with Gasteiger partial charge in [0.25, 0.3) is 0 Å². The fourth-order valence-corrected chi connectivity index (χ4v) is 2.17. The number of carbonyl (C=O) groups excluding carboxylic acids is 1. The number of rotatable bonds is 5. The second-order valence-electron chi connectivity index (χ2n) is 4.60. The van der Waals surface area contributed by atoms with Gasteiger partial charge >= 0.3 is 5.97 Å². The fourth-order valence-electron chi connectivity index (χ4n) is 2.17. The summed E-state index contributed by atoms with van der Waals surface area (Å²) in [4.78, 5) is 18.0. The van der Waals surface area contributed by atoms with Crippen molar-refractivity contribution in [3.8, 4) is 0 Å². The van der Waals surface area contributed by atoms with Crippen LogP contribution < -0.4 is 11.1 Å². The quantitative estimate of drug-likeness (QED) is 0.771. The molecule has 19 heavy (non-hydrogen) atoms. The molecular weight excluding hydrogens is 244 g/mol. The molecule has 0 bridgehead atoms. The highest BCUT2D eigenvalue weighted by Crippen LogP contribution is 2.16. The Bertz CT molecular complexity index is 444. The van der Waals surface area contributed by atoms with Crippen molar-refractivity contribution in [1.82, 2.24) is 9.88 Å². The van der Waals surface area contributed by atoms with Crippen molar-refractivity contribution in [3.05, 3.63) is 17.8 Å². The van der Waals surface area contributed by atoms with E-state index in [1.165, 1.54) is 20.0 Å². The molecule has 1 aromatic heterocycles. The van der Waals surface area contributed by atoms with Gasteiger partial charge in [-0.1, -0.05) is 0 Å². The number of ether oxygens (including phenoxy) is 1. The molecule has 1 fully saturated rings. The number of pyridine rings is 1. The first-order chi connectivity index (χ1) is 9.20. The van der Waals surface area contributed by atoms with Gasteiger partial charge in [0.1, 0.15) is 5.82 Å². The second kappa shape index (κ2) is 6.38. The number of hydrogen-bond donors (Lipinski definition) is 2. The minimum atomic E-state index is -0.456. The van der Waals surface area contributed by atoms with E-state index in [1.54, 1.807) is 12.1 Å². The SMILES string of the molecule is COC(=O)c1ccc(N)c(NCCN2CCCC2)n1. The smallest absolute Gasteiger partial charge is 0.356 e. The van der Waals surface area contributed by atoms with Gasteiger partial charge in [-0.2, -0.15) is 0 Å². The minimum Gasteiger partial charge on any atom is -0.464 e. The van der Waals surface area contributed by atoms with Gasteiger partial charge in [-0.05, 0) is 38.1 Å². The van der Waals surface area contributed by atoms with E-state index in [2.05, 4.69) is 19.9 Å². The normalized spacial score (nSPS) is 15.4. The van der Waals surface area contributed by atoms with Gasteiger partial charge in [0.2, 0.25) is 0 Å². The third kappa shape index (κ3) is 3.57. The lowest BCUT2D eigenvalue weighted by Gasteiger charge is -2.15. The molecule has 2 heterocycles. The van der Waals surface area contributed by atoms with E-state index < -0.39 is 5.97 Å². The van der Waals surface area contributed by atoms with Crippen LogP contribution in [0.15, 0.2) is 12.1 Å². The lowest BCUT2D eigenvalue weighted by Crippen LogP contribution is -2.26. The lowest BCUT2D eigenvalue weighted by molar-refractivity contribution is 0.0594. The maximum Gasteiger partial charge on any atom is 0.356 e. The van der Waals surface area contributed by atoms with Crippen LogP contribution in [0.2, 0.25) is 0 Å². The van der Waals surface area contributed by atoms with Gasteiger partial charge in [0.15, 0.2) is 5.69 Å². The zero-order valence-corrected chi connectivity index (χ0v) is 11.2. The van der Waals surface area contributed by atoms with Crippen LogP contribution in [0.4, 0.5) is 11.5 Å². The molecule has 0 aromatic carbocycles. The van der Waals surface area contributed by atoms with Gasteiger partial charge < -0.3 is 20.7 Å². The molecule has 0 unspecified atom stereocenters. The summed E-state index contributed by atoms with van der Waals surface area (Å²) < 4.78 is 4.64. The number of anilines is 2. The average Bonchev–Trinajstić information content (AvgIpc) is 2.93. The molecule has 0 spiro atoms. The molecular formula is C13H20N4O2. The van der Waals surface area contributed by atoms with E-state index in [0.717, 1.165) is 26.2 Å². The number of hydrogen-bond acceptors (Lipinski definition) is 6. The molecule has 104 valence electrons. The number of nitrogens with one attached hydrogen (secondary N) is 1. The van der Waals surface area contributed by atoms with Crippen LogP contribution >= 0.6 is 0 Å². The fraction of sp³-hybridized carbons (Fsp3) is 0.538. The molecule has 0 aliphatic carbocycles. The van der Waals surface area contributed by atoms with Crippen LogP contribution in [-0.2, 0) is 4.74 Å². The largest absolute Gasteiger partial charge is 0.464 e. The van der Waals surface area contributed by atoms with Gasteiger partial charge in [-0.15, -0.1) is 0 Å². The first kappa shape index (κ1) is 13.6. The predicted octanol–water partition coefficient (Wildman–Crippen LogP) is 0.958. The summed E-state index contributed by atoms with van der Waals surface area (Å²) in [6.07, 6.45) is 2.55. The lowest BCUT2D eigenvalue weighted by atomic mass is 10.3. The topological polar surface area (TPSA) is 80.5 Å². The van der Waals surface area contributed by atoms with E-state index in [0.29, 0.717) is 11.5 Å². The Labute approximate surface area is 112 Å². The molecule has 1 aromatic rings. The highest BCUT2D eigenvalue weighted by molar-refractivity contribution is 5.88. The van der Waals surface area contributed by atoms with E-state index in [9.17, 15) is 4.79 Å². The van der Waals surface area contributed by atoms with Crippen LogP contribution in [-0.4, -0.2) is 49.1 Å². The van der Waals surface area contributed by atoms with Gasteiger partial charge in [-0.25, -0.2) is 9.78 Å². The summed E-state index contributed by atoms with van der Waals surface area (Å²) in [5.74, 6) is 0.0877. The second-order valence-corrected chi connectivity index (χ2v) is 4.60. The monoisotopic (exact) mass is 264 g/mol. The minimum absolute atomic E-state index is 0.264. The number of nitrogens with two attached hydrogens (primary N) is 1. The molecule has 0 radical (unpaired) electrons. The third-order valence-corrected chi connectivity index (χ3v) is 3.24. The maximum absolute atomic E-state index is 11.4. The Kier molecular flexibility index (Phi) is 4.57. The average molecular weight is 264 g/mol. The summed E-state index contributed by atoms with van der Waals surface area (Å²) in [6, 6.07) is 3.23. The summed E-state index contributed by atoms with van der Waals surface area (Å²) >= 11 is 0. The van der Waals surface area contributed by atoms with Crippen LogP contribution in [0, 0.1) is 0 Å². The Morgan fingerprint density at radius 2 is 2.21 bits per heavy atom. The first-order valence-corrected chi connectivity index (χ1v) is 6.52. The van der Waals surface area contributed by atoms with Crippen molar-refractivity contribution >= 4 is 17.5 Å². The summed E-state index contributed by atoms with van der Waals surface area (Å²) in [6.45, 7) is 4.05. The Morgan fingerprint density at radius 3 is 2.89 bits per heavy atom. The first-order valence-electron chi connectivity index (χ1n) is 6.52. The van der Waals surface area contributed by atoms with Crippen molar-refractivity contribution in [3.63, 3.8) is 0 Å². The standard InChI is InChI=1S/C13H20N4O2/c1-19-13(18)11-5-4-10(14)12(16-11)15-6-9-17-7-2-3-8-17/h4-5H,2-3,6-9,14H2,1H3,(H,15,16). The molecule has 6 heteroatoms. The number of aromatic nitrogens is 1. The number of nitrogens with zero attached hydrogens (tertiary/aromatic N) is 2. The molecule has 0 atom stereocenters. The summed E-state index contributed by atoms with van der Waals surface area (Å²) in [5.41, 5.74) is 6.63. The molecule has 2 rings (SSSR count). The van der Waals surface area contributed by atoms with E-state index in [4.69, 9.17) is 5.73 Å². The van der Waals surface area contributed by atoms with E-state index >= 15 is 0 Å². The number of esters is 1. The number of methoxy groups -OCH3 is 1. The van der Waals surface area contributed by atoms with Crippen molar-refractivity contribution in [2.24, 2.45) is 0 Å². The van der Waals surface area contributed by atoms with Crippen LogP contribution in [0.25, 0.3) is 0 Å². The molecule has 1 aliphatic rings. The molecule has 3 N–H and O–H groups in total. The third-order valence-electron chi connectivity index (χ3n) is 3.24.